The highest BCUT2D eigenvalue weighted by atomic mass is 32.2. The van der Waals surface area contributed by atoms with E-state index in [4.69, 9.17) is 0 Å². The minimum Gasteiger partial charge on any atom is -0.352 e. The number of carbonyl (C=O) groups excluding carboxylic acids is 1. The maximum atomic E-state index is 12.0. The summed E-state index contributed by atoms with van der Waals surface area (Å²) in [5.74, 6) is 3.40. The molecule has 2 nitrogen and oxygen atoms in total. The van der Waals surface area contributed by atoms with Gasteiger partial charge in [-0.05, 0) is 49.1 Å². The van der Waals surface area contributed by atoms with Gasteiger partial charge in [0.15, 0.2) is 0 Å². The standard InChI is InChI=1S/C17H23NOS/c1-12-4-2-3-5-15(12)10-20-11-17(19)18-16-9-13-6-7-14(16)8-13/h2-5,13-14,16H,6-11H2,1H3,(H,18,19). The van der Waals surface area contributed by atoms with Crippen LogP contribution in [0.2, 0.25) is 0 Å². The van der Waals surface area contributed by atoms with E-state index in [1.165, 1.54) is 36.8 Å². The predicted octanol–water partition coefficient (Wildman–Crippen LogP) is 3.53. The third kappa shape index (κ3) is 3.20. The summed E-state index contributed by atoms with van der Waals surface area (Å²) >= 11 is 1.72. The molecule has 2 aliphatic carbocycles. The molecule has 1 N–H and O–H groups in total. The van der Waals surface area contributed by atoms with Crippen LogP contribution in [-0.4, -0.2) is 17.7 Å². The molecule has 1 aromatic carbocycles. The van der Waals surface area contributed by atoms with E-state index in [9.17, 15) is 4.79 Å². The van der Waals surface area contributed by atoms with Gasteiger partial charge in [-0.2, -0.15) is 0 Å². The van der Waals surface area contributed by atoms with E-state index in [0.717, 1.165) is 17.6 Å². The van der Waals surface area contributed by atoms with Gasteiger partial charge in [-0.25, -0.2) is 0 Å². The summed E-state index contributed by atoms with van der Waals surface area (Å²) in [4.78, 5) is 12.0. The van der Waals surface area contributed by atoms with Crippen LogP contribution in [0.4, 0.5) is 0 Å². The Labute approximate surface area is 125 Å². The van der Waals surface area contributed by atoms with Gasteiger partial charge in [-0.1, -0.05) is 30.7 Å². The SMILES string of the molecule is Cc1ccccc1CSCC(=O)NC1CC2CCC1C2. The molecule has 3 heteroatoms. The topological polar surface area (TPSA) is 29.1 Å². The highest BCUT2D eigenvalue weighted by Crippen LogP contribution is 2.44. The molecule has 0 radical (unpaired) electrons. The van der Waals surface area contributed by atoms with Gasteiger partial charge >= 0.3 is 0 Å². The second-order valence-corrected chi connectivity index (χ2v) is 7.25. The smallest absolute Gasteiger partial charge is 0.230 e. The molecular weight excluding hydrogens is 266 g/mol. The second kappa shape index (κ2) is 6.21. The van der Waals surface area contributed by atoms with Crippen molar-refractivity contribution in [2.75, 3.05) is 5.75 Å². The number of hydrogen-bond donors (Lipinski definition) is 1. The van der Waals surface area contributed by atoms with E-state index in [1.807, 2.05) is 0 Å². The number of hydrogen-bond acceptors (Lipinski definition) is 2. The molecule has 3 unspecified atom stereocenters. The van der Waals surface area contributed by atoms with E-state index in [-0.39, 0.29) is 5.91 Å². The zero-order valence-electron chi connectivity index (χ0n) is 12.1. The average Bonchev–Trinajstić information content (AvgIpc) is 3.03. The van der Waals surface area contributed by atoms with Crippen molar-refractivity contribution in [1.82, 2.24) is 5.32 Å². The van der Waals surface area contributed by atoms with E-state index < -0.39 is 0 Å². The third-order valence-electron chi connectivity index (χ3n) is 4.84. The van der Waals surface area contributed by atoms with Gasteiger partial charge in [-0.3, -0.25) is 4.79 Å². The summed E-state index contributed by atoms with van der Waals surface area (Å²) in [5.41, 5.74) is 2.65. The summed E-state index contributed by atoms with van der Waals surface area (Å²) in [5, 5.41) is 3.25. The Morgan fingerprint density at radius 3 is 2.85 bits per heavy atom. The summed E-state index contributed by atoms with van der Waals surface area (Å²) in [6, 6.07) is 8.88. The van der Waals surface area contributed by atoms with Gasteiger partial charge < -0.3 is 5.32 Å². The highest BCUT2D eigenvalue weighted by Gasteiger charge is 2.39. The van der Waals surface area contributed by atoms with Crippen molar-refractivity contribution in [3.63, 3.8) is 0 Å². The van der Waals surface area contributed by atoms with Crippen molar-refractivity contribution in [2.45, 2.75) is 44.4 Å². The minimum atomic E-state index is 0.223. The van der Waals surface area contributed by atoms with Crippen LogP contribution in [0, 0.1) is 18.8 Å². The van der Waals surface area contributed by atoms with Crippen LogP contribution in [0.1, 0.15) is 36.8 Å². The Kier molecular flexibility index (Phi) is 4.35. The van der Waals surface area contributed by atoms with Crippen LogP contribution in [0.3, 0.4) is 0 Å². The van der Waals surface area contributed by atoms with Gasteiger partial charge in [0.2, 0.25) is 5.91 Å². The van der Waals surface area contributed by atoms with Crippen LogP contribution in [-0.2, 0) is 10.5 Å². The lowest BCUT2D eigenvalue weighted by Gasteiger charge is -2.22. The van der Waals surface area contributed by atoms with Crippen LogP contribution in [0.5, 0.6) is 0 Å². The van der Waals surface area contributed by atoms with Gasteiger partial charge in [0, 0.05) is 11.8 Å². The van der Waals surface area contributed by atoms with Crippen molar-refractivity contribution in [3.8, 4) is 0 Å². The number of thioether (sulfide) groups is 1. The van der Waals surface area contributed by atoms with Gasteiger partial charge in [0.05, 0.1) is 5.75 Å². The van der Waals surface area contributed by atoms with Crippen molar-refractivity contribution in [2.24, 2.45) is 11.8 Å². The first kappa shape index (κ1) is 14.0. The number of fused-ring (bicyclic) bond motifs is 2. The van der Waals surface area contributed by atoms with E-state index in [1.54, 1.807) is 11.8 Å². The molecule has 1 amide bonds. The summed E-state index contributed by atoms with van der Waals surface area (Å²) in [7, 11) is 0. The monoisotopic (exact) mass is 289 g/mol. The summed E-state index contributed by atoms with van der Waals surface area (Å²) < 4.78 is 0. The minimum absolute atomic E-state index is 0.223. The zero-order valence-corrected chi connectivity index (χ0v) is 12.9. The molecule has 0 aliphatic heterocycles. The van der Waals surface area contributed by atoms with E-state index in [2.05, 4.69) is 36.5 Å². The Morgan fingerprint density at radius 1 is 1.30 bits per heavy atom. The lowest BCUT2D eigenvalue weighted by atomic mass is 9.95. The van der Waals surface area contributed by atoms with Crippen molar-refractivity contribution >= 4 is 17.7 Å². The second-order valence-electron chi connectivity index (χ2n) is 6.27. The van der Waals surface area contributed by atoms with Crippen LogP contribution in [0.15, 0.2) is 24.3 Å². The number of rotatable bonds is 5. The molecule has 0 heterocycles. The highest BCUT2D eigenvalue weighted by molar-refractivity contribution is 7.99. The first-order valence-electron chi connectivity index (χ1n) is 7.64. The van der Waals surface area contributed by atoms with E-state index >= 15 is 0 Å². The van der Waals surface area contributed by atoms with Gasteiger partial charge in [-0.15, -0.1) is 11.8 Å². The molecule has 3 rings (SSSR count). The summed E-state index contributed by atoms with van der Waals surface area (Å²) in [6.07, 6.45) is 5.28. The van der Waals surface area contributed by atoms with Crippen molar-refractivity contribution < 1.29 is 4.79 Å². The fourth-order valence-electron chi connectivity index (χ4n) is 3.70. The maximum Gasteiger partial charge on any atom is 0.230 e. The number of carbonyl (C=O) groups is 1. The molecule has 2 aliphatic rings. The largest absolute Gasteiger partial charge is 0.352 e. The molecule has 2 saturated carbocycles. The van der Waals surface area contributed by atoms with Crippen molar-refractivity contribution in [3.05, 3.63) is 35.4 Å². The average molecular weight is 289 g/mol. The third-order valence-corrected chi connectivity index (χ3v) is 5.82. The first-order valence-corrected chi connectivity index (χ1v) is 8.79. The molecule has 2 bridgehead atoms. The van der Waals surface area contributed by atoms with Crippen molar-refractivity contribution in [1.29, 1.82) is 0 Å². The molecule has 108 valence electrons. The fourth-order valence-corrected chi connectivity index (χ4v) is 4.61. The van der Waals surface area contributed by atoms with Gasteiger partial charge in [0.25, 0.3) is 0 Å². The quantitative estimate of drug-likeness (QED) is 0.898. The normalized spacial score (nSPS) is 27.8. The number of aryl methyl sites for hydroxylation is 1. The zero-order chi connectivity index (χ0) is 13.9. The molecule has 3 atom stereocenters. The Bertz CT molecular complexity index is 488. The van der Waals surface area contributed by atoms with Crippen LogP contribution >= 0.6 is 11.8 Å². The molecule has 0 saturated heterocycles. The lowest BCUT2D eigenvalue weighted by Crippen LogP contribution is -2.39. The van der Waals surface area contributed by atoms with E-state index in [0.29, 0.717) is 11.8 Å². The molecule has 0 spiro atoms. The number of benzene rings is 1. The summed E-state index contributed by atoms with van der Waals surface area (Å²) in [6.45, 7) is 2.13. The Balaban J connectivity index is 1.40. The lowest BCUT2D eigenvalue weighted by molar-refractivity contribution is -0.119. The Hall–Kier alpha value is -0.960. The fraction of sp³-hybridized carbons (Fsp3) is 0.588. The molecule has 0 aromatic heterocycles. The van der Waals surface area contributed by atoms with Gasteiger partial charge in [0.1, 0.15) is 0 Å². The maximum absolute atomic E-state index is 12.0. The van der Waals surface area contributed by atoms with Crippen LogP contribution in [0.25, 0.3) is 0 Å². The number of amides is 1. The molecule has 2 fully saturated rings. The molecule has 1 aromatic rings. The Morgan fingerprint density at radius 2 is 2.15 bits per heavy atom. The number of nitrogens with one attached hydrogen (secondary N) is 1. The van der Waals surface area contributed by atoms with Crippen LogP contribution < -0.4 is 5.32 Å². The molecule has 20 heavy (non-hydrogen) atoms. The predicted molar refractivity (Wildman–Crippen MR) is 84.7 cm³/mol. The first-order chi connectivity index (χ1) is 9.72. The molecular formula is C17H23NOS.